The van der Waals surface area contributed by atoms with E-state index in [9.17, 15) is 0 Å². The van der Waals surface area contributed by atoms with Gasteiger partial charge in [-0.2, -0.15) is 0 Å². The number of allylic oxidation sites excluding steroid dienone is 2. The molecule has 0 aliphatic carbocycles. The number of nitrogens with zero attached hydrogens (tertiary/aromatic N) is 1. The summed E-state index contributed by atoms with van der Waals surface area (Å²) in [6.45, 7) is 12.5. The Bertz CT molecular complexity index is 143. The molecule has 0 aromatic rings. The second-order valence-electron chi connectivity index (χ2n) is 1.85. The van der Waals surface area contributed by atoms with E-state index in [2.05, 4.69) is 13.3 Å². The lowest BCUT2D eigenvalue weighted by atomic mass is 10.4. The van der Waals surface area contributed by atoms with Gasteiger partial charge in [-0.1, -0.05) is 6.08 Å². The molecule has 1 nitrogen and oxygen atoms in total. The highest BCUT2D eigenvalue weighted by Gasteiger charge is 1.96. The van der Waals surface area contributed by atoms with E-state index in [1.807, 2.05) is 30.6 Å². The first kappa shape index (κ1) is 8.15. The van der Waals surface area contributed by atoms with Gasteiger partial charge in [0.25, 0.3) is 0 Å². The van der Waals surface area contributed by atoms with Crippen molar-refractivity contribution in [1.29, 1.82) is 0 Å². The number of rotatable bonds is 3. The molecule has 0 unspecified atom stereocenters. The standard InChI is InChI=1S/C8H14N/c1-5-7-8(3)9(4)6-2/h5,7H,3-4,6H2,1-2H3/q+1/b7-5-. The van der Waals surface area contributed by atoms with Gasteiger partial charge in [-0.3, -0.25) is 0 Å². The largest absolute Gasteiger partial charge is 0.206 e. The number of hydrogen-bond donors (Lipinski definition) is 0. The molecule has 0 bridgehead atoms. The number of hydrogen-bond acceptors (Lipinski definition) is 0. The van der Waals surface area contributed by atoms with E-state index in [4.69, 9.17) is 0 Å². The van der Waals surface area contributed by atoms with Gasteiger partial charge in [0.1, 0.15) is 13.3 Å². The lowest BCUT2D eigenvalue weighted by Crippen LogP contribution is -2.04. The molecular weight excluding hydrogens is 110 g/mol. The monoisotopic (exact) mass is 124 g/mol. The van der Waals surface area contributed by atoms with E-state index in [-0.39, 0.29) is 0 Å². The fourth-order valence-corrected chi connectivity index (χ4v) is 0.501. The molecule has 0 saturated carbocycles. The molecule has 1 heteroatoms. The maximum absolute atomic E-state index is 3.79. The molecule has 0 N–H and O–H groups in total. The summed E-state index contributed by atoms with van der Waals surface area (Å²) in [6, 6.07) is 0. The first-order valence-corrected chi connectivity index (χ1v) is 3.12. The Morgan fingerprint density at radius 2 is 2.22 bits per heavy atom. The maximum atomic E-state index is 3.79. The van der Waals surface area contributed by atoms with Crippen molar-refractivity contribution in [2.24, 2.45) is 0 Å². The van der Waals surface area contributed by atoms with Crippen LogP contribution in [0.4, 0.5) is 0 Å². The van der Waals surface area contributed by atoms with Gasteiger partial charge in [0.05, 0.1) is 0 Å². The van der Waals surface area contributed by atoms with E-state index >= 15 is 0 Å². The predicted octanol–water partition coefficient (Wildman–Crippen LogP) is 1.81. The van der Waals surface area contributed by atoms with Gasteiger partial charge in [0.15, 0.2) is 5.70 Å². The highest BCUT2D eigenvalue weighted by molar-refractivity contribution is 5.19. The molecule has 0 amide bonds. The van der Waals surface area contributed by atoms with Crippen molar-refractivity contribution < 1.29 is 4.58 Å². The highest BCUT2D eigenvalue weighted by Crippen LogP contribution is 1.92. The molecule has 0 radical (unpaired) electrons. The third kappa shape index (κ3) is 2.85. The summed E-state index contributed by atoms with van der Waals surface area (Å²) in [7, 11) is 0. The van der Waals surface area contributed by atoms with Crippen LogP contribution >= 0.6 is 0 Å². The van der Waals surface area contributed by atoms with Crippen LogP contribution in [0, 0.1) is 0 Å². The van der Waals surface area contributed by atoms with Crippen LogP contribution in [-0.2, 0) is 0 Å². The van der Waals surface area contributed by atoms with Gasteiger partial charge in [0.2, 0.25) is 0 Å². The maximum Gasteiger partial charge on any atom is 0.197 e. The second-order valence-corrected chi connectivity index (χ2v) is 1.85. The van der Waals surface area contributed by atoms with Gasteiger partial charge in [0, 0.05) is 6.08 Å². The van der Waals surface area contributed by atoms with Crippen molar-refractivity contribution in [3.8, 4) is 0 Å². The van der Waals surface area contributed by atoms with E-state index < -0.39 is 0 Å². The van der Waals surface area contributed by atoms with Crippen molar-refractivity contribution in [1.82, 2.24) is 0 Å². The smallest absolute Gasteiger partial charge is 0.197 e. The molecule has 0 aliphatic rings. The Labute approximate surface area is 57.0 Å². The zero-order chi connectivity index (χ0) is 7.28. The van der Waals surface area contributed by atoms with Crippen LogP contribution in [0.25, 0.3) is 0 Å². The van der Waals surface area contributed by atoms with Gasteiger partial charge in [-0.25, -0.2) is 4.58 Å². The van der Waals surface area contributed by atoms with Gasteiger partial charge in [-0.05, 0) is 20.4 Å². The van der Waals surface area contributed by atoms with Crippen LogP contribution < -0.4 is 0 Å². The Balaban J connectivity index is 3.89. The molecule has 0 spiro atoms. The van der Waals surface area contributed by atoms with Crippen LogP contribution in [-0.4, -0.2) is 17.8 Å². The normalized spacial score (nSPS) is 10.0. The zero-order valence-electron chi connectivity index (χ0n) is 6.22. The Kier molecular flexibility index (Phi) is 3.69. The van der Waals surface area contributed by atoms with Crippen LogP contribution in [0.3, 0.4) is 0 Å². The summed E-state index contributed by atoms with van der Waals surface area (Å²) in [6.07, 6.45) is 3.90. The van der Waals surface area contributed by atoms with E-state index in [1.54, 1.807) is 0 Å². The van der Waals surface area contributed by atoms with Gasteiger partial charge < -0.3 is 0 Å². The average Bonchev–Trinajstić information content (AvgIpc) is 1.87. The lowest BCUT2D eigenvalue weighted by Gasteiger charge is -1.92. The third-order valence-electron chi connectivity index (χ3n) is 1.15. The minimum Gasteiger partial charge on any atom is -0.206 e. The summed E-state index contributed by atoms with van der Waals surface area (Å²) in [4.78, 5) is 0. The predicted molar refractivity (Wildman–Crippen MR) is 41.9 cm³/mol. The van der Waals surface area contributed by atoms with E-state index in [0.29, 0.717) is 0 Å². The van der Waals surface area contributed by atoms with Gasteiger partial charge in [-0.15, -0.1) is 0 Å². The van der Waals surface area contributed by atoms with Crippen molar-refractivity contribution >= 4 is 6.72 Å². The summed E-state index contributed by atoms with van der Waals surface area (Å²) in [5.74, 6) is 0. The van der Waals surface area contributed by atoms with Crippen LogP contribution in [0.15, 0.2) is 24.4 Å². The Morgan fingerprint density at radius 1 is 1.67 bits per heavy atom. The van der Waals surface area contributed by atoms with Crippen molar-refractivity contribution in [3.63, 3.8) is 0 Å². The molecule has 0 atom stereocenters. The first-order valence-electron chi connectivity index (χ1n) is 3.12. The summed E-state index contributed by atoms with van der Waals surface area (Å²) < 4.78 is 1.85. The molecule has 0 saturated heterocycles. The molecular formula is C8H14N+. The molecule has 0 fully saturated rings. The first-order chi connectivity index (χ1) is 4.22. The fraction of sp³-hybridized carbons (Fsp3) is 0.375. The van der Waals surface area contributed by atoms with Crippen LogP contribution in [0.5, 0.6) is 0 Å². The Morgan fingerprint density at radius 3 is 2.56 bits per heavy atom. The average molecular weight is 124 g/mol. The third-order valence-corrected chi connectivity index (χ3v) is 1.15. The SMILES string of the molecule is C=C(/C=C\C)[N+](=C)CC. The fourth-order valence-electron chi connectivity index (χ4n) is 0.501. The topological polar surface area (TPSA) is 3.01 Å². The molecule has 0 heterocycles. The molecule has 0 rings (SSSR count). The van der Waals surface area contributed by atoms with Crippen molar-refractivity contribution in [2.45, 2.75) is 13.8 Å². The Hall–Kier alpha value is -0.850. The van der Waals surface area contributed by atoms with Crippen LogP contribution in [0.1, 0.15) is 13.8 Å². The van der Waals surface area contributed by atoms with Crippen LogP contribution in [0.2, 0.25) is 0 Å². The summed E-state index contributed by atoms with van der Waals surface area (Å²) in [5, 5.41) is 0. The second kappa shape index (κ2) is 4.07. The lowest BCUT2D eigenvalue weighted by molar-refractivity contribution is -0.458. The molecule has 0 aromatic heterocycles. The molecule has 9 heavy (non-hydrogen) atoms. The molecule has 0 aliphatic heterocycles. The van der Waals surface area contributed by atoms with Crippen molar-refractivity contribution in [3.05, 3.63) is 24.4 Å². The molecule has 50 valence electrons. The summed E-state index contributed by atoms with van der Waals surface area (Å²) >= 11 is 0. The van der Waals surface area contributed by atoms with Crippen molar-refractivity contribution in [2.75, 3.05) is 6.54 Å². The van der Waals surface area contributed by atoms with Gasteiger partial charge >= 0.3 is 0 Å². The quantitative estimate of drug-likeness (QED) is 0.306. The number of likely N-dealkylation sites (N-methyl/N-ethyl adjacent to an activating group) is 1. The van der Waals surface area contributed by atoms with E-state index in [0.717, 1.165) is 12.2 Å². The van der Waals surface area contributed by atoms with E-state index in [1.165, 1.54) is 0 Å². The zero-order valence-corrected chi connectivity index (χ0v) is 6.22. The molecule has 0 aromatic carbocycles. The minimum atomic E-state index is 0.906. The highest BCUT2D eigenvalue weighted by atomic mass is 15.0. The summed E-state index contributed by atoms with van der Waals surface area (Å²) in [5.41, 5.74) is 0.958. The minimum absolute atomic E-state index is 0.906.